The molecule has 3 fully saturated rings. The van der Waals surface area contributed by atoms with Gasteiger partial charge in [-0.2, -0.15) is 0 Å². The number of aryl methyl sites for hydroxylation is 1. The van der Waals surface area contributed by atoms with Crippen molar-refractivity contribution in [3.8, 4) is 0 Å². The Labute approximate surface area is 315 Å². The summed E-state index contributed by atoms with van der Waals surface area (Å²) in [6.07, 6.45) is 9.10. The number of ketones is 3. The molecule has 2 heterocycles. The van der Waals surface area contributed by atoms with Crippen LogP contribution in [-0.2, 0) is 24.0 Å². The lowest BCUT2D eigenvalue weighted by Crippen LogP contribution is -2.63. The van der Waals surface area contributed by atoms with Crippen LogP contribution in [0, 0.1) is 37.0 Å². The maximum Gasteiger partial charge on any atom is 0.269 e. The number of aromatic nitrogens is 1. The predicted octanol–water partition coefficient (Wildman–Crippen LogP) is 5.28. The number of amides is 4. The van der Waals surface area contributed by atoms with E-state index in [0.717, 1.165) is 57.8 Å². The number of hydrogen-bond donors (Lipinski definition) is 4. The van der Waals surface area contributed by atoms with Gasteiger partial charge in [-0.25, -0.2) is 0 Å². The first-order valence-electron chi connectivity index (χ1n) is 19.9. The second-order valence-electron chi connectivity index (χ2n) is 17.2. The molecule has 12 heteroatoms. The Hall–Kier alpha value is -3.83. The predicted molar refractivity (Wildman–Crippen MR) is 202 cm³/mol. The number of nitrogens with one attached hydrogen (secondary N) is 4. The molecular weight excluding hydrogens is 674 g/mol. The summed E-state index contributed by atoms with van der Waals surface area (Å²) in [6, 6.07) is -4.03. The lowest BCUT2D eigenvalue weighted by atomic mass is 9.81. The number of aromatic amines is 1. The average Bonchev–Trinajstić information content (AvgIpc) is 3.65. The minimum absolute atomic E-state index is 0.0925. The van der Waals surface area contributed by atoms with Gasteiger partial charge >= 0.3 is 0 Å². The van der Waals surface area contributed by atoms with Crippen LogP contribution in [0.5, 0.6) is 0 Å². The first kappa shape index (κ1) is 41.9. The third-order valence-corrected chi connectivity index (χ3v) is 11.8. The molecule has 53 heavy (non-hydrogen) atoms. The van der Waals surface area contributed by atoms with Gasteiger partial charge in [-0.1, -0.05) is 80.1 Å². The summed E-state index contributed by atoms with van der Waals surface area (Å²) in [6.45, 7) is 15.8. The lowest BCUT2D eigenvalue weighted by molar-refractivity contribution is -0.147. The maximum atomic E-state index is 14.9. The number of nitrogens with zero attached hydrogens (tertiary/aromatic N) is 1. The topological polar surface area (TPSA) is 175 Å². The van der Waals surface area contributed by atoms with Gasteiger partial charge in [0.25, 0.3) is 5.91 Å². The summed E-state index contributed by atoms with van der Waals surface area (Å²) in [5.41, 5.74) is 1.01. The molecule has 0 bridgehead atoms. The number of hydrogen-bond acceptors (Lipinski definition) is 7. The van der Waals surface area contributed by atoms with Crippen molar-refractivity contribution >= 4 is 41.0 Å². The van der Waals surface area contributed by atoms with E-state index in [4.69, 9.17) is 0 Å². The quantitative estimate of drug-likeness (QED) is 0.148. The van der Waals surface area contributed by atoms with Crippen LogP contribution >= 0.6 is 0 Å². The average molecular weight is 738 g/mol. The normalized spacial score (nSPS) is 22.4. The fraction of sp³-hybridized carbons (Fsp3) is 0.732. The second-order valence-corrected chi connectivity index (χ2v) is 17.2. The van der Waals surface area contributed by atoms with Crippen LogP contribution in [-0.4, -0.2) is 81.1 Å². The summed E-state index contributed by atoms with van der Waals surface area (Å²) >= 11 is 0. The van der Waals surface area contributed by atoms with Crippen LogP contribution in [0.15, 0.2) is 0 Å². The van der Waals surface area contributed by atoms with Crippen molar-refractivity contribution in [2.24, 2.45) is 23.2 Å². The highest BCUT2D eigenvalue weighted by Crippen LogP contribution is 2.41. The Bertz CT molecular complexity index is 1570. The van der Waals surface area contributed by atoms with Crippen molar-refractivity contribution in [3.05, 3.63) is 22.5 Å². The molecule has 1 saturated heterocycles. The first-order chi connectivity index (χ1) is 24.9. The molecule has 0 unspecified atom stereocenters. The van der Waals surface area contributed by atoms with Crippen LogP contribution in [0.25, 0.3) is 0 Å². The zero-order valence-electron chi connectivity index (χ0n) is 33.4. The Morgan fingerprint density at radius 3 is 2.06 bits per heavy atom. The summed E-state index contributed by atoms with van der Waals surface area (Å²) in [5, 5.41) is 8.87. The second kappa shape index (κ2) is 17.5. The molecule has 3 aliphatic rings. The number of Topliss-reactive ketones (excluding diaryl/α,β-unsaturated/α-hetero) is 3. The monoisotopic (exact) mass is 737 g/mol. The summed E-state index contributed by atoms with van der Waals surface area (Å²) in [5.74, 6) is -3.86. The minimum Gasteiger partial charge on any atom is -0.354 e. The van der Waals surface area contributed by atoms with Gasteiger partial charge in [0.1, 0.15) is 23.8 Å². The van der Waals surface area contributed by atoms with E-state index in [1.807, 2.05) is 27.7 Å². The van der Waals surface area contributed by atoms with Gasteiger partial charge in [-0.15, -0.1) is 0 Å². The number of fused-ring (bicyclic) bond motifs is 1. The van der Waals surface area contributed by atoms with E-state index in [1.165, 1.54) is 6.92 Å². The molecule has 2 aliphatic carbocycles. The van der Waals surface area contributed by atoms with Crippen molar-refractivity contribution < 1.29 is 33.6 Å². The molecule has 0 radical (unpaired) electrons. The zero-order valence-corrected chi connectivity index (χ0v) is 33.4. The van der Waals surface area contributed by atoms with Gasteiger partial charge in [0.05, 0.1) is 11.6 Å². The molecule has 0 spiro atoms. The third kappa shape index (κ3) is 9.46. The zero-order chi connectivity index (χ0) is 39.4. The highest BCUT2D eigenvalue weighted by atomic mass is 16.2. The molecule has 4 N–H and O–H groups in total. The third-order valence-electron chi connectivity index (χ3n) is 11.8. The number of carbonyl (C=O) groups excluding carboxylic acids is 7. The molecule has 12 nitrogen and oxygen atoms in total. The number of H-pyrrole nitrogens is 1. The van der Waals surface area contributed by atoms with E-state index in [1.54, 1.807) is 32.6 Å². The van der Waals surface area contributed by atoms with Gasteiger partial charge < -0.3 is 25.8 Å². The fourth-order valence-corrected chi connectivity index (χ4v) is 8.73. The molecule has 1 aromatic rings. The standard InChI is InChI=1S/C41H63N5O7/c1-10-16-28(35(49)34(48)22(2)3)43-37(50)30-21-27-19-14-15-20-29(27)46(30)40(53)36(41(7,8)9)45-38(51)32(26-17-12-11-13-18-26)44-39(52)33-31(25(6)47)23(4)24(5)42-33/h22,26-30,32,36,42H,10-21H2,1-9H3,(H,43,50)(H,44,52)(H,45,51)/t27-,28-,29-,30-,32-,36+/m0/s1. The van der Waals surface area contributed by atoms with Crippen LogP contribution in [0.1, 0.15) is 158 Å². The van der Waals surface area contributed by atoms with E-state index in [9.17, 15) is 33.6 Å². The van der Waals surface area contributed by atoms with Crippen molar-refractivity contribution in [1.82, 2.24) is 25.8 Å². The van der Waals surface area contributed by atoms with E-state index in [-0.39, 0.29) is 35.3 Å². The Kier molecular flexibility index (Phi) is 13.9. The largest absolute Gasteiger partial charge is 0.354 e. The highest BCUT2D eigenvalue weighted by molar-refractivity contribution is 6.40. The van der Waals surface area contributed by atoms with E-state index in [2.05, 4.69) is 20.9 Å². The molecule has 6 atom stereocenters. The number of likely N-dealkylation sites (tertiary alicyclic amines) is 1. The highest BCUT2D eigenvalue weighted by Gasteiger charge is 2.51. The minimum atomic E-state index is -1.03. The first-order valence-corrected chi connectivity index (χ1v) is 19.9. The number of carbonyl (C=O) groups is 7. The molecular formula is C41H63N5O7. The molecule has 294 valence electrons. The fourth-order valence-electron chi connectivity index (χ4n) is 8.73. The van der Waals surface area contributed by atoms with E-state index in [0.29, 0.717) is 36.1 Å². The van der Waals surface area contributed by atoms with Crippen molar-refractivity contribution in [2.75, 3.05) is 0 Å². The molecule has 0 aromatic carbocycles. The van der Waals surface area contributed by atoms with Crippen LogP contribution in [0.2, 0.25) is 0 Å². The Morgan fingerprint density at radius 1 is 0.849 bits per heavy atom. The summed E-state index contributed by atoms with van der Waals surface area (Å²) in [4.78, 5) is 100. The Morgan fingerprint density at radius 2 is 1.47 bits per heavy atom. The Balaban J connectivity index is 1.65. The van der Waals surface area contributed by atoms with Crippen molar-refractivity contribution in [3.63, 3.8) is 0 Å². The van der Waals surface area contributed by atoms with Gasteiger partial charge in [0.2, 0.25) is 29.3 Å². The van der Waals surface area contributed by atoms with Gasteiger partial charge in [-0.05, 0) is 82.1 Å². The van der Waals surface area contributed by atoms with E-state index >= 15 is 0 Å². The van der Waals surface area contributed by atoms with Crippen LogP contribution in [0.4, 0.5) is 0 Å². The SMILES string of the molecule is CCC[C@H](NC(=O)[C@@H]1C[C@@H]2CCCC[C@@H]2N1C(=O)[C@@H](NC(=O)[C@@H](NC(=O)c1[nH]c(C)c(C)c1C(C)=O)C1CCCCC1)C(C)(C)C)C(=O)C(=O)C(C)C. The van der Waals surface area contributed by atoms with Crippen molar-refractivity contribution in [2.45, 2.75) is 170 Å². The maximum absolute atomic E-state index is 14.9. The van der Waals surface area contributed by atoms with Crippen molar-refractivity contribution in [1.29, 1.82) is 0 Å². The van der Waals surface area contributed by atoms with Crippen LogP contribution < -0.4 is 16.0 Å². The molecule has 1 aliphatic heterocycles. The molecule has 1 aromatic heterocycles. The number of rotatable bonds is 14. The smallest absolute Gasteiger partial charge is 0.269 e. The van der Waals surface area contributed by atoms with E-state index < -0.39 is 64.8 Å². The molecule has 2 saturated carbocycles. The van der Waals surface area contributed by atoms with Gasteiger partial charge in [0, 0.05) is 17.7 Å². The van der Waals surface area contributed by atoms with Crippen LogP contribution in [0.3, 0.4) is 0 Å². The summed E-state index contributed by atoms with van der Waals surface area (Å²) < 4.78 is 0. The molecule has 4 rings (SSSR count). The lowest BCUT2D eigenvalue weighted by Gasteiger charge is -2.40. The van der Waals surface area contributed by atoms with Gasteiger partial charge in [-0.3, -0.25) is 33.6 Å². The van der Waals surface area contributed by atoms with Gasteiger partial charge in [0.15, 0.2) is 5.78 Å². The molecule has 4 amide bonds. The summed E-state index contributed by atoms with van der Waals surface area (Å²) in [7, 11) is 0.